The third-order valence-electron chi connectivity index (χ3n) is 5.41. The van der Waals surface area contributed by atoms with Crippen molar-refractivity contribution < 1.29 is 9.47 Å². The summed E-state index contributed by atoms with van der Waals surface area (Å²) in [4.78, 5) is 0. The van der Waals surface area contributed by atoms with Gasteiger partial charge in [0.15, 0.2) is 11.5 Å². The fourth-order valence-electron chi connectivity index (χ4n) is 3.65. The summed E-state index contributed by atoms with van der Waals surface area (Å²) in [5, 5.41) is 4.39. The maximum absolute atomic E-state index is 6.55. The molecule has 0 atom stereocenters. The van der Waals surface area contributed by atoms with Crippen LogP contribution < -0.4 is 14.8 Å². The Balaban J connectivity index is 1.66. The first-order valence-corrected chi connectivity index (χ1v) is 10.3. The van der Waals surface area contributed by atoms with E-state index in [9.17, 15) is 0 Å². The van der Waals surface area contributed by atoms with Crippen LogP contribution in [0.15, 0.2) is 36.4 Å². The van der Waals surface area contributed by atoms with E-state index in [1.165, 1.54) is 44.1 Å². The van der Waals surface area contributed by atoms with E-state index in [2.05, 4.69) is 24.4 Å². The number of halogens is 1. The van der Waals surface area contributed by atoms with Crippen LogP contribution in [0.4, 0.5) is 0 Å². The van der Waals surface area contributed by atoms with Crippen LogP contribution in [0, 0.1) is 6.92 Å². The van der Waals surface area contributed by atoms with E-state index in [1.807, 2.05) is 24.3 Å². The Kier molecular flexibility index (Phi) is 7.42. The molecule has 0 aliphatic heterocycles. The molecule has 1 aliphatic rings. The third kappa shape index (κ3) is 5.63. The molecule has 2 aromatic carbocycles. The standard InChI is InChI=1S/C23H30ClNO2/c1-17-9-7-8-10-18(17)16-27-23-14-21(24)19(13-22(23)26-2)15-25-20-11-5-3-4-6-12-20/h7-10,13-14,20,25H,3-6,11-12,15-16H2,1-2H3. The second-order valence-electron chi connectivity index (χ2n) is 7.38. The summed E-state index contributed by atoms with van der Waals surface area (Å²) in [6.45, 7) is 3.35. The summed E-state index contributed by atoms with van der Waals surface area (Å²) in [7, 11) is 1.67. The molecule has 0 spiro atoms. The van der Waals surface area contributed by atoms with Crippen molar-refractivity contribution in [2.24, 2.45) is 0 Å². The highest BCUT2D eigenvalue weighted by molar-refractivity contribution is 6.31. The van der Waals surface area contributed by atoms with Gasteiger partial charge in [-0.1, -0.05) is 61.5 Å². The molecule has 1 saturated carbocycles. The summed E-state index contributed by atoms with van der Waals surface area (Å²) in [6, 6.07) is 12.7. The lowest BCUT2D eigenvalue weighted by Gasteiger charge is -2.18. The van der Waals surface area contributed by atoms with Gasteiger partial charge in [-0.3, -0.25) is 0 Å². The monoisotopic (exact) mass is 387 g/mol. The molecule has 146 valence electrons. The first-order valence-electron chi connectivity index (χ1n) is 9.94. The van der Waals surface area contributed by atoms with Crippen molar-refractivity contribution in [3.8, 4) is 11.5 Å². The molecule has 0 unspecified atom stereocenters. The number of rotatable bonds is 7. The normalized spacial score (nSPS) is 15.4. The molecule has 0 heterocycles. The largest absolute Gasteiger partial charge is 0.493 e. The van der Waals surface area contributed by atoms with Crippen molar-refractivity contribution >= 4 is 11.6 Å². The van der Waals surface area contributed by atoms with Gasteiger partial charge in [-0.2, -0.15) is 0 Å². The number of nitrogens with one attached hydrogen (secondary N) is 1. The van der Waals surface area contributed by atoms with Crippen LogP contribution in [-0.2, 0) is 13.2 Å². The molecule has 0 aromatic heterocycles. The predicted octanol–water partition coefficient (Wildman–Crippen LogP) is 6.05. The van der Waals surface area contributed by atoms with E-state index < -0.39 is 0 Å². The summed E-state index contributed by atoms with van der Waals surface area (Å²) in [6.07, 6.45) is 7.87. The van der Waals surface area contributed by atoms with Crippen molar-refractivity contribution in [3.63, 3.8) is 0 Å². The zero-order valence-electron chi connectivity index (χ0n) is 16.4. The zero-order chi connectivity index (χ0) is 19.1. The molecule has 3 nitrogen and oxygen atoms in total. The van der Waals surface area contributed by atoms with E-state index >= 15 is 0 Å². The first-order chi connectivity index (χ1) is 13.2. The highest BCUT2D eigenvalue weighted by Crippen LogP contribution is 2.34. The molecule has 2 aromatic rings. The van der Waals surface area contributed by atoms with Crippen molar-refractivity contribution in [1.82, 2.24) is 5.32 Å². The van der Waals surface area contributed by atoms with Gasteiger partial charge in [-0.25, -0.2) is 0 Å². The Morgan fingerprint density at radius 2 is 1.74 bits per heavy atom. The fraction of sp³-hybridized carbons (Fsp3) is 0.478. The lowest BCUT2D eigenvalue weighted by atomic mass is 10.1. The summed E-state index contributed by atoms with van der Waals surface area (Å²) >= 11 is 6.55. The van der Waals surface area contributed by atoms with Gasteiger partial charge in [-0.05, 0) is 42.5 Å². The van der Waals surface area contributed by atoms with Crippen LogP contribution in [0.3, 0.4) is 0 Å². The van der Waals surface area contributed by atoms with E-state index in [-0.39, 0.29) is 0 Å². The second-order valence-corrected chi connectivity index (χ2v) is 7.79. The lowest BCUT2D eigenvalue weighted by molar-refractivity contribution is 0.283. The topological polar surface area (TPSA) is 30.5 Å². The van der Waals surface area contributed by atoms with E-state index in [0.717, 1.165) is 28.4 Å². The van der Waals surface area contributed by atoms with Crippen molar-refractivity contribution in [2.45, 2.75) is 64.6 Å². The first kappa shape index (κ1) is 20.0. The summed E-state index contributed by atoms with van der Waals surface area (Å²) < 4.78 is 11.6. The molecule has 4 heteroatoms. The molecular formula is C23H30ClNO2. The van der Waals surface area contributed by atoms with Gasteiger partial charge in [0.1, 0.15) is 6.61 Å². The van der Waals surface area contributed by atoms with Crippen LogP contribution in [0.1, 0.15) is 55.2 Å². The minimum absolute atomic E-state index is 0.499. The number of aryl methyl sites for hydroxylation is 1. The van der Waals surface area contributed by atoms with Crippen molar-refractivity contribution in [1.29, 1.82) is 0 Å². The third-order valence-corrected chi connectivity index (χ3v) is 5.77. The van der Waals surface area contributed by atoms with Crippen LogP contribution >= 0.6 is 11.6 Å². The Morgan fingerprint density at radius 3 is 2.44 bits per heavy atom. The van der Waals surface area contributed by atoms with Gasteiger partial charge >= 0.3 is 0 Å². The molecule has 27 heavy (non-hydrogen) atoms. The molecule has 0 radical (unpaired) electrons. The second kappa shape index (κ2) is 10.0. The molecule has 0 bridgehead atoms. The Bertz CT molecular complexity index is 739. The van der Waals surface area contributed by atoms with Gasteiger partial charge < -0.3 is 14.8 Å². The van der Waals surface area contributed by atoms with Crippen LogP contribution in [-0.4, -0.2) is 13.2 Å². The Morgan fingerprint density at radius 1 is 1.00 bits per heavy atom. The highest BCUT2D eigenvalue weighted by atomic mass is 35.5. The molecule has 1 aliphatic carbocycles. The van der Waals surface area contributed by atoms with Gasteiger partial charge in [0, 0.05) is 23.7 Å². The van der Waals surface area contributed by atoms with Crippen molar-refractivity contribution in [3.05, 3.63) is 58.1 Å². The molecule has 0 saturated heterocycles. The maximum atomic E-state index is 6.55. The summed E-state index contributed by atoms with van der Waals surface area (Å²) in [5.74, 6) is 1.41. The number of ether oxygens (including phenoxy) is 2. The van der Waals surface area contributed by atoms with E-state index in [0.29, 0.717) is 18.4 Å². The van der Waals surface area contributed by atoms with Gasteiger partial charge in [0.2, 0.25) is 0 Å². The minimum atomic E-state index is 0.499. The van der Waals surface area contributed by atoms with Gasteiger partial charge in [-0.15, -0.1) is 0 Å². The summed E-state index contributed by atoms with van der Waals surface area (Å²) in [5.41, 5.74) is 3.43. The van der Waals surface area contributed by atoms with Crippen molar-refractivity contribution in [2.75, 3.05) is 7.11 Å². The highest BCUT2D eigenvalue weighted by Gasteiger charge is 2.15. The number of hydrogen-bond acceptors (Lipinski definition) is 3. The van der Waals surface area contributed by atoms with Crippen LogP contribution in [0.5, 0.6) is 11.5 Å². The van der Waals surface area contributed by atoms with Gasteiger partial charge in [0.25, 0.3) is 0 Å². The van der Waals surface area contributed by atoms with E-state index in [4.69, 9.17) is 21.1 Å². The van der Waals surface area contributed by atoms with Gasteiger partial charge in [0.05, 0.1) is 7.11 Å². The molecule has 0 amide bonds. The number of benzene rings is 2. The fourth-order valence-corrected chi connectivity index (χ4v) is 3.87. The average Bonchev–Trinajstić information content (AvgIpc) is 2.95. The van der Waals surface area contributed by atoms with Crippen LogP contribution in [0.2, 0.25) is 5.02 Å². The molecular weight excluding hydrogens is 358 g/mol. The average molecular weight is 388 g/mol. The quantitative estimate of drug-likeness (QED) is 0.586. The molecule has 1 N–H and O–H groups in total. The lowest BCUT2D eigenvalue weighted by Crippen LogP contribution is -2.28. The maximum Gasteiger partial charge on any atom is 0.163 e. The predicted molar refractivity (Wildman–Crippen MR) is 112 cm³/mol. The van der Waals surface area contributed by atoms with E-state index in [1.54, 1.807) is 7.11 Å². The number of hydrogen-bond donors (Lipinski definition) is 1. The molecule has 1 fully saturated rings. The Labute approximate surface area is 168 Å². The Hall–Kier alpha value is -1.71. The smallest absolute Gasteiger partial charge is 0.163 e. The SMILES string of the molecule is COc1cc(CNC2CCCCCC2)c(Cl)cc1OCc1ccccc1C. The number of methoxy groups -OCH3 is 1. The van der Waals surface area contributed by atoms with Crippen LogP contribution in [0.25, 0.3) is 0 Å². The zero-order valence-corrected chi connectivity index (χ0v) is 17.1. The molecule has 3 rings (SSSR count). The minimum Gasteiger partial charge on any atom is -0.493 e.